The van der Waals surface area contributed by atoms with Crippen molar-refractivity contribution in [3.8, 4) is 0 Å². The number of aromatic nitrogens is 1. The topological polar surface area (TPSA) is 12.9 Å². The van der Waals surface area contributed by atoms with Crippen LogP contribution in [0.5, 0.6) is 0 Å². The minimum Gasteiger partial charge on any atom is -0.257 e. The van der Waals surface area contributed by atoms with Gasteiger partial charge in [-0.2, -0.15) is 0 Å². The Kier molecular flexibility index (Phi) is 3.61. The van der Waals surface area contributed by atoms with Crippen LogP contribution in [0.4, 0.5) is 0 Å². The monoisotopic (exact) mass is 373 g/mol. The van der Waals surface area contributed by atoms with Gasteiger partial charge in [-0.1, -0.05) is 45.2 Å². The average molecular weight is 375 g/mol. The first-order valence-electron chi connectivity index (χ1n) is 5.53. The van der Waals surface area contributed by atoms with Crippen molar-refractivity contribution in [2.45, 2.75) is 5.38 Å². The van der Waals surface area contributed by atoms with Crippen LogP contribution in [-0.4, -0.2) is 4.98 Å². The quantitative estimate of drug-likeness (QED) is 0.521. The summed E-state index contributed by atoms with van der Waals surface area (Å²) in [6.07, 6.45) is 3.59. The van der Waals surface area contributed by atoms with Crippen LogP contribution in [0.1, 0.15) is 27.8 Å². The van der Waals surface area contributed by atoms with Crippen molar-refractivity contribution >= 4 is 61.3 Å². The first kappa shape index (κ1) is 13.4. The fourth-order valence-corrected chi connectivity index (χ4v) is 3.38. The van der Waals surface area contributed by atoms with Crippen molar-refractivity contribution in [2.75, 3.05) is 0 Å². The Morgan fingerprint density at radius 2 is 1.89 bits per heavy atom. The van der Waals surface area contributed by atoms with E-state index >= 15 is 0 Å². The van der Waals surface area contributed by atoms with Crippen LogP contribution in [0.3, 0.4) is 0 Å². The lowest BCUT2D eigenvalue weighted by atomic mass is 10.0. The van der Waals surface area contributed by atoms with Crippen LogP contribution in [0.2, 0.25) is 10.0 Å². The largest absolute Gasteiger partial charge is 0.257 e. The SMILES string of the molecule is Clc1ccc2c(c1)C=C(Br)c1cc(Cl)cnc1C2Cl. The molecule has 1 aliphatic rings. The fourth-order valence-electron chi connectivity index (χ4n) is 2.11. The molecule has 1 unspecified atom stereocenters. The molecule has 0 saturated carbocycles. The summed E-state index contributed by atoms with van der Waals surface area (Å²) in [5.74, 6) is 0. The number of rotatable bonds is 0. The van der Waals surface area contributed by atoms with E-state index in [2.05, 4.69) is 20.9 Å². The number of nitrogens with zero attached hydrogens (tertiary/aromatic N) is 1. The van der Waals surface area contributed by atoms with Crippen molar-refractivity contribution < 1.29 is 0 Å². The first-order valence-corrected chi connectivity index (χ1v) is 7.51. The molecule has 0 radical (unpaired) electrons. The fraction of sp³-hybridized carbons (Fsp3) is 0.0714. The van der Waals surface area contributed by atoms with Crippen molar-refractivity contribution in [1.82, 2.24) is 4.98 Å². The van der Waals surface area contributed by atoms with Gasteiger partial charge in [0.15, 0.2) is 0 Å². The molecule has 3 rings (SSSR count). The van der Waals surface area contributed by atoms with E-state index in [4.69, 9.17) is 34.8 Å². The number of pyridine rings is 1. The first-order chi connectivity index (χ1) is 9.06. The summed E-state index contributed by atoms with van der Waals surface area (Å²) in [5, 5.41) is 0.930. The number of hydrogen-bond donors (Lipinski definition) is 0. The Balaban J connectivity index is 2.30. The Morgan fingerprint density at radius 3 is 2.68 bits per heavy atom. The molecule has 0 bridgehead atoms. The second kappa shape index (κ2) is 5.10. The predicted octanol–water partition coefficient (Wildman–Crippen LogP) is 5.92. The lowest BCUT2D eigenvalue weighted by Crippen LogP contribution is -2.00. The van der Waals surface area contributed by atoms with E-state index in [1.165, 1.54) is 0 Å². The van der Waals surface area contributed by atoms with Gasteiger partial charge in [0.2, 0.25) is 0 Å². The summed E-state index contributed by atoms with van der Waals surface area (Å²) in [7, 11) is 0. The van der Waals surface area contributed by atoms with Crippen molar-refractivity contribution in [2.24, 2.45) is 0 Å². The highest BCUT2D eigenvalue weighted by Crippen LogP contribution is 2.42. The van der Waals surface area contributed by atoms with Crippen LogP contribution >= 0.6 is 50.7 Å². The van der Waals surface area contributed by atoms with Gasteiger partial charge in [0, 0.05) is 21.3 Å². The lowest BCUT2D eigenvalue weighted by molar-refractivity contribution is 1.03. The molecular formula is C14H7BrCl3N. The molecule has 0 N–H and O–H groups in total. The smallest absolute Gasteiger partial charge is 0.102 e. The maximum atomic E-state index is 6.55. The van der Waals surface area contributed by atoms with Gasteiger partial charge in [-0.3, -0.25) is 4.98 Å². The maximum Gasteiger partial charge on any atom is 0.102 e. The number of alkyl halides is 1. The molecule has 1 nitrogen and oxygen atoms in total. The van der Waals surface area contributed by atoms with Crippen molar-refractivity contribution in [3.05, 3.63) is 62.9 Å². The zero-order valence-corrected chi connectivity index (χ0v) is 13.4. The summed E-state index contributed by atoms with van der Waals surface area (Å²) < 4.78 is 0.893. The molecular weight excluding hydrogens is 368 g/mol. The normalized spacial score (nSPS) is 17.3. The molecule has 2 aromatic rings. The van der Waals surface area contributed by atoms with Crippen LogP contribution in [0.25, 0.3) is 10.6 Å². The Morgan fingerprint density at radius 1 is 1.11 bits per heavy atom. The number of halogens is 4. The zero-order valence-electron chi connectivity index (χ0n) is 9.50. The van der Waals surface area contributed by atoms with Gasteiger partial charge in [0.05, 0.1) is 10.7 Å². The average Bonchev–Trinajstić information content (AvgIpc) is 2.46. The molecule has 0 aliphatic heterocycles. The van der Waals surface area contributed by atoms with Gasteiger partial charge in [0.25, 0.3) is 0 Å². The standard InChI is InChI=1S/C14H7BrCl3N/c15-12-4-7-3-8(16)1-2-10(7)13(18)14-11(12)5-9(17)6-19-14/h1-6,13H. The number of fused-ring (bicyclic) bond motifs is 2. The van der Waals surface area contributed by atoms with E-state index in [-0.39, 0.29) is 5.38 Å². The van der Waals surface area contributed by atoms with E-state index in [1.54, 1.807) is 6.20 Å². The molecule has 0 spiro atoms. The van der Waals surface area contributed by atoms with Gasteiger partial charge in [0.1, 0.15) is 5.38 Å². The molecule has 0 fully saturated rings. The Bertz CT molecular complexity index is 697. The molecule has 1 heterocycles. The number of hydrogen-bond acceptors (Lipinski definition) is 1. The molecule has 19 heavy (non-hydrogen) atoms. The maximum absolute atomic E-state index is 6.55. The van der Waals surface area contributed by atoms with Gasteiger partial charge in [-0.05, 0) is 35.4 Å². The van der Waals surface area contributed by atoms with Crippen LogP contribution in [0.15, 0.2) is 30.5 Å². The van der Waals surface area contributed by atoms with Crippen LogP contribution in [0, 0.1) is 0 Å². The summed E-state index contributed by atoms with van der Waals surface area (Å²) in [6.45, 7) is 0. The van der Waals surface area contributed by atoms with Gasteiger partial charge < -0.3 is 0 Å². The third-order valence-corrected chi connectivity index (χ3v) is 4.53. The van der Waals surface area contributed by atoms with E-state index in [9.17, 15) is 0 Å². The summed E-state index contributed by atoms with van der Waals surface area (Å²) in [6, 6.07) is 7.50. The van der Waals surface area contributed by atoms with Gasteiger partial charge in [-0.25, -0.2) is 0 Å². The van der Waals surface area contributed by atoms with E-state index in [0.29, 0.717) is 10.0 Å². The minimum absolute atomic E-state index is 0.328. The van der Waals surface area contributed by atoms with E-state index < -0.39 is 0 Å². The summed E-state index contributed by atoms with van der Waals surface area (Å²) >= 11 is 22.1. The predicted molar refractivity (Wildman–Crippen MR) is 85.2 cm³/mol. The van der Waals surface area contributed by atoms with Crippen molar-refractivity contribution in [1.29, 1.82) is 0 Å². The molecule has 1 atom stereocenters. The lowest BCUT2D eigenvalue weighted by Gasteiger charge is -2.13. The molecule has 96 valence electrons. The third-order valence-electron chi connectivity index (χ3n) is 2.99. The van der Waals surface area contributed by atoms with E-state index in [0.717, 1.165) is 26.9 Å². The summed E-state index contributed by atoms with van der Waals surface area (Å²) in [5.41, 5.74) is 3.65. The highest BCUT2D eigenvalue weighted by Gasteiger charge is 2.23. The molecule has 1 aliphatic carbocycles. The molecule has 1 aromatic carbocycles. The van der Waals surface area contributed by atoms with E-state index in [1.807, 2.05) is 30.3 Å². The second-order valence-corrected chi connectivity index (χ2v) is 6.38. The van der Waals surface area contributed by atoms with Crippen LogP contribution in [-0.2, 0) is 0 Å². The minimum atomic E-state index is -0.328. The van der Waals surface area contributed by atoms with Crippen molar-refractivity contribution in [3.63, 3.8) is 0 Å². The van der Waals surface area contributed by atoms with Gasteiger partial charge >= 0.3 is 0 Å². The molecule has 0 saturated heterocycles. The highest BCUT2D eigenvalue weighted by atomic mass is 79.9. The van der Waals surface area contributed by atoms with Crippen LogP contribution < -0.4 is 0 Å². The molecule has 1 aromatic heterocycles. The second-order valence-electron chi connectivity index (χ2n) is 4.21. The Labute approximate surface area is 134 Å². The zero-order chi connectivity index (χ0) is 13.6. The van der Waals surface area contributed by atoms with Gasteiger partial charge in [-0.15, -0.1) is 11.6 Å². The Hall–Kier alpha value is -0.540. The number of benzene rings is 1. The molecule has 5 heteroatoms. The highest BCUT2D eigenvalue weighted by molar-refractivity contribution is 9.15. The molecule has 0 amide bonds. The third kappa shape index (κ3) is 2.43. The summed E-state index contributed by atoms with van der Waals surface area (Å²) in [4.78, 5) is 4.36.